The molecule has 0 bridgehead atoms. The van der Waals surface area contributed by atoms with Crippen molar-refractivity contribution in [2.75, 3.05) is 6.54 Å². The fraction of sp³-hybridized carbons (Fsp3) is 0.714. The summed E-state index contributed by atoms with van der Waals surface area (Å²) in [6.45, 7) is 5.74. The van der Waals surface area contributed by atoms with Crippen molar-refractivity contribution in [1.29, 1.82) is 0 Å². The van der Waals surface area contributed by atoms with Gasteiger partial charge in [0, 0.05) is 12.1 Å². The van der Waals surface area contributed by atoms with Crippen LogP contribution in [0.25, 0.3) is 0 Å². The van der Waals surface area contributed by atoms with Gasteiger partial charge in [-0.05, 0) is 55.1 Å². The normalized spacial score (nSPS) is 25.7. The zero-order valence-corrected chi connectivity index (χ0v) is 11.7. The Kier molecular flexibility index (Phi) is 4.60. The lowest BCUT2D eigenvalue weighted by Crippen LogP contribution is -2.47. The van der Waals surface area contributed by atoms with Gasteiger partial charge in [-0.15, -0.1) is 0 Å². The van der Waals surface area contributed by atoms with Crippen molar-refractivity contribution in [1.82, 2.24) is 4.90 Å². The van der Waals surface area contributed by atoms with Crippen LogP contribution in [0.3, 0.4) is 0 Å². The van der Waals surface area contributed by atoms with E-state index in [-0.39, 0.29) is 6.04 Å². The van der Waals surface area contributed by atoms with Crippen LogP contribution in [0, 0.1) is 0 Å². The smallest absolute Gasteiger partial charge is 0.0510 e. The predicted molar refractivity (Wildman–Crippen MR) is 75.3 cm³/mol. The second-order valence-electron chi connectivity index (χ2n) is 5.16. The topological polar surface area (TPSA) is 29.3 Å². The summed E-state index contributed by atoms with van der Waals surface area (Å²) in [5, 5.41) is 4.43. The lowest BCUT2D eigenvalue weighted by atomic mass is 9.93. The van der Waals surface area contributed by atoms with Gasteiger partial charge in [0.15, 0.2) is 0 Å². The Balaban J connectivity index is 2.20. The van der Waals surface area contributed by atoms with E-state index in [1.54, 1.807) is 11.3 Å². The molecule has 2 heterocycles. The van der Waals surface area contributed by atoms with Gasteiger partial charge >= 0.3 is 0 Å². The Labute approximate surface area is 109 Å². The molecule has 2 nitrogen and oxygen atoms in total. The van der Waals surface area contributed by atoms with Gasteiger partial charge in [0.25, 0.3) is 0 Å². The molecule has 0 spiro atoms. The third-order valence-electron chi connectivity index (χ3n) is 3.97. The molecule has 96 valence electrons. The first kappa shape index (κ1) is 13.1. The van der Waals surface area contributed by atoms with E-state index in [9.17, 15) is 0 Å². The van der Waals surface area contributed by atoms with Crippen LogP contribution in [-0.2, 0) is 0 Å². The van der Waals surface area contributed by atoms with Gasteiger partial charge in [0.1, 0.15) is 0 Å². The van der Waals surface area contributed by atoms with Crippen LogP contribution in [0.2, 0.25) is 0 Å². The molecular weight excluding hydrogens is 228 g/mol. The molecule has 3 unspecified atom stereocenters. The molecule has 0 saturated carbocycles. The molecule has 1 saturated heterocycles. The molecule has 2 rings (SSSR count). The maximum Gasteiger partial charge on any atom is 0.0510 e. The van der Waals surface area contributed by atoms with Gasteiger partial charge in [0.2, 0.25) is 0 Å². The minimum Gasteiger partial charge on any atom is -0.326 e. The fourth-order valence-electron chi connectivity index (χ4n) is 2.88. The molecule has 0 radical (unpaired) electrons. The highest BCUT2D eigenvalue weighted by Gasteiger charge is 2.30. The van der Waals surface area contributed by atoms with Gasteiger partial charge in [-0.3, -0.25) is 4.90 Å². The van der Waals surface area contributed by atoms with Crippen molar-refractivity contribution in [2.24, 2.45) is 5.73 Å². The summed E-state index contributed by atoms with van der Waals surface area (Å²) in [5.74, 6) is 0. The molecule has 3 heteroatoms. The van der Waals surface area contributed by atoms with E-state index in [2.05, 4.69) is 35.6 Å². The van der Waals surface area contributed by atoms with E-state index in [1.807, 2.05) is 0 Å². The maximum atomic E-state index is 6.36. The number of thiophene rings is 1. The highest BCUT2D eigenvalue weighted by Crippen LogP contribution is 2.32. The number of rotatable bonds is 4. The van der Waals surface area contributed by atoms with Crippen molar-refractivity contribution in [3.05, 3.63) is 22.4 Å². The number of hydrogen-bond donors (Lipinski definition) is 1. The molecule has 1 aromatic heterocycles. The predicted octanol–water partition coefficient (Wildman–Crippen LogP) is 3.40. The first-order valence-corrected chi connectivity index (χ1v) is 7.71. The van der Waals surface area contributed by atoms with E-state index < -0.39 is 0 Å². The highest BCUT2D eigenvalue weighted by molar-refractivity contribution is 7.07. The van der Waals surface area contributed by atoms with Gasteiger partial charge in [0.05, 0.1) is 6.04 Å². The quantitative estimate of drug-likeness (QED) is 0.890. The molecule has 17 heavy (non-hydrogen) atoms. The van der Waals surface area contributed by atoms with Crippen molar-refractivity contribution in [2.45, 2.75) is 57.7 Å². The molecule has 1 aliphatic rings. The third-order valence-corrected chi connectivity index (χ3v) is 4.67. The summed E-state index contributed by atoms with van der Waals surface area (Å²) in [6, 6.07) is 3.59. The van der Waals surface area contributed by atoms with Gasteiger partial charge < -0.3 is 5.73 Å². The second-order valence-corrected chi connectivity index (χ2v) is 5.94. The fourth-order valence-corrected chi connectivity index (χ4v) is 3.57. The standard InChI is InChI=1S/C14H24N2S/c1-3-13(15)14(12-7-9-17-10-12)16-8-5-4-6-11(16)2/h7,9-11,13-14H,3-6,8,15H2,1-2H3. The molecule has 2 N–H and O–H groups in total. The number of likely N-dealkylation sites (tertiary alicyclic amines) is 1. The lowest BCUT2D eigenvalue weighted by molar-refractivity contribution is 0.0882. The average molecular weight is 252 g/mol. The van der Waals surface area contributed by atoms with Crippen LogP contribution in [0.15, 0.2) is 16.8 Å². The number of piperidine rings is 1. The zero-order chi connectivity index (χ0) is 12.3. The molecule has 1 aliphatic heterocycles. The van der Waals surface area contributed by atoms with Gasteiger partial charge in [-0.2, -0.15) is 11.3 Å². The van der Waals surface area contributed by atoms with Crippen LogP contribution in [0.1, 0.15) is 51.1 Å². The molecule has 1 aromatic rings. The monoisotopic (exact) mass is 252 g/mol. The first-order chi connectivity index (χ1) is 8.24. The molecule has 0 amide bonds. The second kappa shape index (κ2) is 5.98. The van der Waals surface area contributed by atoms with Crippen molar-refractivity contribution >= 4 is 11.3 Å². The number of hydrogen-bond acceptors (Lipinski definition) is 3. The summed E-state index contributed by atoms with van der Waals surface area (Å²) in [6.07, 6.45) is 5.05. The first-order valence-electron chi connectivity index (χ1n) is 6.77. The number of nitrogens with two attached hydrogens (primary N) is 1. The summed E-state index contributed by atoms with van der Waals surface area (Å²) in [7, 11) is 0. The largest absolute Gasteiger partial charge is 0.326 e. The van der Waals surface area contributed by atoms with Crippen molar-refractivity contribution in [3.63, 3.8) is 0 Å². The van der Waals surface area contributed by atoms with E-state index in [1.165, 1.54) is 31.4 Å². The van der Waals surface area contributed by atoms with E-state index in [4.69, 9.17) is 5.73 Å². The Hall–Kier alpha value is -0.380. The minimum atomic E-state index is 0.255. The van der Waals surface area contributed by atoms with Crippen molar-refractivity contribution in [3.8, 4) is 0 Å². The molecule has 0 aromatic carbocycles. The van der Waals surface area contributed by atoms with Crippen LogP contribution >= 0.6 is 11.3 Å². The Bertz CT molecular complexity index is 323. The molecule has 3 atom stereocenters. The molecular formula is C14H24N2S. The summed E-state index contributed by atoms with van der Waals surface area (Å²) in [4.78, 5) is 2.62. The summed E-state index contributed by atoms with van der Waals surface area (Å²) in [5.41, 5.74) is 7.78. The maximum absolute atomic E-state index is 6.36. The molecule has 0 aliphatic carbocycles. The minimum absolute atomic E-state index is 0.255. The summed E-state index contributed by atoms with van der Waals surface area (Å²) < 4.78 is 0. The average Bonchev–Trinajstić information content (AvgIpc) is 2.85. The van der Waals surface area contributed by atoms with Crippen LogP contribution in [0.4, 0.5) is 0 Å². The SMILES string of the molecule is CCC(N)C(c1ccsc1)N1CCCCC1C. The van der Waals surface area contributed by atoms with Gasteiger partial charge in [-0.25, -0.2) is 0 Å². The van der Waals surface area contributed by atoms with Crippen LogP contribution in [0.5, 0.6) is 0 Å². The Morgan fingerprint density at radius 3 is 2.94 bits per heavy atom. The number of nitrogens with zero attached hydrogens (tertiary/aromatic N) is 1. The zero-order valence-electron chi connectivity index (χ0n) is 10.9. The summed E-state index contributed by atoms with van der Waals surface area (Å²) >= 11 is 1.78. The lowest BCUT2D eigenvalue weighted by Gasteiger charge is -2.42. The third kappa shape index (κ3) is 2.90. The van der Waals surface area contributed by atoms with E-state index in [0.29, 0.717) is 12.1 Å². The van der Waals surface area contributed by atoms with E-state index in [0.717, 1.165) is 6.42 Å². The molecule has 1 fully saturated rings. The highest BCUT2D eigenvalue weighted by atomic mass is 32.1. The van der Waals surface area contributed by atoms with Crippen LogP contribution in [-0.4, -0.2) is 23.5 Å². The Morgan fingerprint density at radius 1 is 1.53 bits per heavy atom. The van der Waals surface area contributed by atoms with Gasteiger partial charge in [-0.1, -0.05) is 13.3 Å². The Morgan fingerprint density at radius 2 is 2.35 bits per heavy atom. The van der Waals surface area contributed by atoms with E-state index >= 15 is 0 Å². The van der Waals surface area contributed by atoms with Crippen LogP contribution < -0.4 is 5.73 Å². The van der Waals surface area contributed by atoms with Crippen molar-refractivity contribution < 1.29 is 0 Å².